The summed E-state index contributed by atoms with van der Waals surface area (Å²) in [6.45, 7) is 1.47. The van der Waals surface area contributed by atoms with Gasteiger partial charge in [0.05, 0.1) is 0 Å². The lowest BCUT2D eigenvalue weighted by Gasteiger charge is -2.23. The number of anilines is 2. The Hall–Kier alpha value is -1.78. The van der Waals surface area contributed by atoms with Crippen LogP contribution in [0.2, 0.25) is 0 Å². The van der Waals surface area contributed by atoms with Crippen LogP contribution >= 0.6 is 23.2 Å². The lowest BCUT2D eigenvalue weighted by atomic mass is 10.2. The maximum Gasteiger partial charge on any atom is 0.255 e. The van der Waals surface area contributed by atoms with Crippen LogP contribution in [0.15, 0.2) is 48.8 Å². The number of amides is 1. The molecule has 1 heterocycles. The van der Waals surface area contributed by atoms with Gasteiger partial charge in [-0.25, -0.2) is 0 Å². The van der Waals surface area contributed by atoms with Gasteiger partial charge in [0.25, 0.3) is 5.91 Å². The van der Waals surface area contributed by atoms with Gasteiger partial charge in [-0.3, -0.25) is 9.78 Å². The second-order valence-corrected chi connectivity index (χ2v) is 5.36. The number of hydrogen-bond donors (Lipinski definition) is 1. The average Bonchev–Trinajstić information content (AvgIpc) is 2.56. The van der Waals surface area contributed by atoms with Gasteiger partial charge >= 0.3 is 0 Å². The van der Waals surface area contributed by atoms with E-state index < -0.39 is 0 Å². The van der Waals surface area contributed by atoms with E-state index in [4.69, 9.17) is 23.2 Å². The van der Waals surface area contributed by atoms with E-state index in [9.17, 15) is 4.79 Å². The molecule has 0 fully saturated rings. The van der Waals surface area contributed by atoms with Crippen molar-refractivity contribution in [2.24, 2.45) is 0 Å². The van der Waals surface area contributed by atoms with Crippen molar-refractivity contribution in [3.8, 4) is 0 Å². The van der Waals surface area contributed by atoms with Crippen molar-refractivity contribution in [3.05, 3.63) is 54.4 Å². The van der Waals surface area contributed by atoms with Gasteiger partial charge in [0.15, 0.2) is 0 Å². The first-order valence-electron chi connectivity index (χ1n) is 6.93. The number of rotatable bonds is 7. The van der Waals surface area contributed by atoms with E-state index in [2.05, 4.69) is 15.2 Å². The summed E-state index contributed by atoms with van der Waals surface area (Å²) in [6.07, 6.45) is 3.18. The monoisotopic (exact) mass is 337 g/mol. The van der Waals surface area contributed by atoms with Crippen LogP contribution in [-0.4, -0.2) is 35.7 Å². The smallest absolute Gasteiger partial charge is 0.255 e. The van der Waals surface area contributed by atoms with E-state index in [0.29, 0.717) is 17.3 Å². The Morgan fingerprint density at radius 1 is 1.00 bits per heavy atom. The summed E-state index contributed by atoms with van der Waals surface area (Å²) in [5.41, 5.74) is 2.34. The number of carbonyl (C=O) groups is 1. The maximum absolute atomic E-state index is 12.1. The Labute approximate surface area is 140 Å². The third kappa shape index (κ3) is 4.61. The third-order valence-electron chi connectivity index (χ3n) is 3.14. The molecule has 0 radical (unpaired) electrons. The Morgan fingerprint density at radius 3 is 2.14 bits per heavy atom. The molecule has 116 valence electrons. The Kier molecular flexibility index (Phi) is 6.49. The van der Waals surface area contributed by atoms with Crippen LogP contribution in [0, 0.1) is 0 Å². The standard InChI is InChI=1S/C16H17Cl2N3O/c17-7-11-21(12-8-18)15-3-1-14(2-4-15)20-16(22)13-5-9-19-10-6-13/h1-6,9-10H,7-8,11-12H2,(H,20,22). The molecule has 0 spiro atoms. The molecular formula is C16H17Cl2N3O. The summed E-state index contributed by atoms with van der Waals surface area (Å²) in [5, 5.41) is 2.85. The molecule has 2 aromatic rings. The molecule has 0 saturated carbocycles. The number of aromatic nitrogens is 1. The minimum absolute atomic E-state index is 0.159. The summed E-state index contributed by atoms with van der Waals surface area (Å²) < 4.78 is 0. The number of nitrogens with zero attached hydrogens (tertiary/aromatic N) is 2. The molecule has 2 rings (SSSR count). The second-order valence-electron chi connectivity index (χ2n) is 4.60. The van der Waals surface area contributed by atoms with Gasteiger partial charge in [-0.2, -0.15) is 0 Å². The van der Waals surface area contributed by atoms with Crippen LogP contribution in [0.4, 0.5) is 11.4 Å². The quantitative estimate of drug-likeness (QED) is 0.785. The first kappa shape index (κ1) is 16.6. The van der Waals surface area contributed by atoms with Gasteiger partial charge in [-0.1, -0.05) is 0 Å². The number of hydrogen-bond acceptors (Lipinski definition) is 3. The lowest BCUT2D eigenvalue weighted by molar-refractivity contribution is 0.102. The number of halogens is 2. The van der Waals surface area contributed by atoms with Crippen molar-refractivity contribution in [2.75, 3.05) is 35.1 Å². The molecule has 0 bridgehead atoms. The second kappa shape index (κ2) is 8.61. The van der Waals surface area contributed by atoms with Crippen LogP contribution in [0.3, 0.4) is 0 Å². The zero-order chi connectivity index (χ0) is 15.8. The van der Waals surface area contributed by atoms with E-state index in [1.165, 1.54) is 0 Å². The first-order chi connectivity index (χ1) is 10.7. The first-order valence-corrected chi connectivity index (χ1v) is 8.00. The van der Waals surface area contributed by atoms with Crippen molar-refractivity contribution in [3.63, 3.8) is 0 Å². The molecule has 1 amide bonds. The molecule has 1 aromatic carbocycles. The van der Waals surface area contributed by atoms with Gasteiger partial charge in [-0.05, 0) is 36.4 Å². The molecule has 1 aromatic heterocycles. The summed E-state index contributed by atoms with van der Waals surface area (Å²) in [4.78, 5) is 18.1. The fourth-order valence-electron chi connectivity index (χ4n) is 2.04. The molecular weight excluding hydrogens is 321 g/mol. The third-order valence-corrected chi connectivity index (χ3v) is 3.48. The molecule has 22 heavy (non-hydrogen) atoms. The SMILES string of the molecule is O=C(Nc1ccc(N(CCCl)CCCl)cc1)c1ccncc1. The minimum atomic E-state index is -0.159. The van der Waals surface area contributed by atoms with Gasteiger partial charge in [0, 0.05) is 54.2 Å². The number of nitrogens with one attached hydrogen (secondary N) is 1. The number of benzene rings is 1. The van der Waals surface area contributed by atoms with E-state index in [1.807, 2.05) is 24.3 Å². The molecule has 6 heteroatoms. The van der Waals surface area contributed by atoms with Gasteiger partial charge in [0.1, 0.15) is 0 Å². The molecule has 1 N–H and O–H groups in total. The zero-order valence-corrected chi connectivity index (χ0v) is 13.5. The predicted molar refractivity (Wildman–Crippen MR) is 92.3 cm³/mol. The van der Waals surface area contributed by atoms with Crippen molar-refractivity contribution in [2.45, 2.75) is 0 Å². The Bertz CT molecular complexity index is 584. The van der Waals surface area contributed by atoms with Crippen LogP contribution in [0.25, 0.3) is 0 Å². The number of alkyl halides is 2. The van der Waals surface area contributed by atoms with Crippen LogP contribution < -0.4 is 10.2 Å². The maximum atomic E-state index is 12.1. The Balaban J connectivity index is 2.03. The lowest BCUT2D eigenvalue weighted by Crippen LogP contribution is -2.27. The van der Waals surface area contributed by atoms with Crippen molar-refractivity contribution in [1.29, 1.82) is 0 Å². The molecule has 0 atom stereocenters. The normalized spacial score (nSPS) is 10.3. The van der Waals surface area contributed by atoms with Gasteiger partial charge in [0.2, 0.25) is 0 Å². The summed E-state index contributed by atoms with van der Waals surface area (Å²) in [6, 6.07) is 11.0. The van der Waals surface area contributed by atoms with E-state index >= 15 is 0 Å². The summed E-state index contributed by atoms with van der Waals surface area (Å²) in [5.74, 6) is 0.919. The van der Waals surface area contributed by atoms with Gasteiger partial charge in [-0.15, -0.1) is 23.2 Å². The summed E-state index contributed by atoms with van der Waals surface area (Å²) in [7, 11) is 0. The highest BCUT2D eigenvalue weighted by Gasteiger charge is 2.07. The number of carbonyl (C=O) groups excluding carboxylic acids is 1. The highest BCUT2D eigenvalue weighted by Crippen LogP contribution is 2.18. The average molecular weight is 338 g/mol. The van der Waals surface area contributed by atoms with Crippen molar-refractivity contribution >= 4 is 40.5 Å². The van der Waals surface area contributed by atoms with Crippen LogP contribution in [-0.2, 0) is 0 Å². The van der Waals surface area contributed by atoms with E-state index in [1.54, 1.807) is 24.5 Å². The molecule has 4 nitrogen and oxygen atoms in total. The van der Waals surface area contributed by atoms with Gasteiger partial charge < -0.3 is 10.2 Å². The van der Waals surface area contributed by atoms with E-state index in [-0.39, 0.29) is 5.91 Å². The zero-order valence-electron chi connectivity index (χ0n) is 12.0. The molecule has 0 aliphatic carbocycles. The highest BCUT2D eigenvalue weighted by molar-refractivity contribution is 6.18. The van der Waals surface area contributed by atoms with Crippen LogP contribution in [0.5, 0.6) is 0 Å². The van der Waals surface area contributed by atoms with Crippen molar-refractivity contribution in [1.82, 2.24) is 4.98 Å². The molecule has 0 aliphatic rings. The minimum Gasteiger partial charge on any atom is -0.369 e. The predicted octanol–water partition coefficient (Wildman–Crippen LogP) is 3.62. The summed E-state index contributed by atoms with van der Waals surface area (Å²) >= 11 is 11.6. The fourth-order valence-corrected chi connectivity index (χ4v) is 2.44. The van der Waals surface area contributed by atoms with E-state index in [0.717, 1.165) is 24.5 Å². The highest BCUT2D eigenvalue weighted by atomic mass is 35.5. The van der Waals surface area contributed by atoms with Crippen molar-refractivity contribution < 1.29 is 4.79 Å². The molecule has 0 saturated heterocycles. The van der Waals surface area contributed by atoms with Crippen LogP contribution in [0.1, 0.15) is 10.4 Å². The Morgan fingerprint density at radius 2 is 1.59 bits per heavy atom. The fraction of sp³-hybridized carbons (Fsp3) is 0.250. The molecule has 0 aliphatic heterocycles. The largest absolute Gasteiger partial charge is 0.369 e. The topological polar surface area (TPSA) is 45.2 Å². The molecule has 0 unspecified atom stereocenters. The number of pyridine rings is 1.